The Bertz CT molecular complexity index is 532. The Morgan fingerprint density at radius 1 is 0.944 bits per heavy atom. The summed E-state index contributed by atoms with van der Waals surface area (Å²) in [6, 6.07) is 18.5. The zero-order valence-electron chi connectivity index (χ0n) is 10.9. The molecule has 0 unspecified atom stereocenters. The van der Waals surface area contributed by atoms with Crippen molar-refractivity contribution in [2.75, 3.05) is 0 Å². The third-order valence-corrected chi connectivity index (χ3v) is 5.43. The van der Waals surface area contributed by atoms with Crippen LogP contribution in [0, 0.1) is 0 Å². The average molecular weight is 254 g/mol. The van der Waals surface area contributed by atoms with Crippen molar-refractivity contribution in [3.63, 3.8) is 0 Å². The number of para-hydroxylation sites is 1. The SMILES string of the molecule is C=Cc1ccccc1O[Si](C)(C)c1ccccc1. The predicted octanol–water partition coefficient (Wildman–Crippen LogP) is 3.82. The fraction of sp³-hybridized carbons (Fsp3) is 0.125. The molecule has 0 radical (unpaired) electrons. The fourth-order valence-corrected chi connectivity index (χ4v) is 3.76. The number of hydrogen-bond acceptors (Lipinski definition) is 1. The van der Waals surface area contributed by atoms with Gasteiger partial charge in [-0.2, -0.15) is 0 Å². The molecule has 0 aliphatic carbocycles. The Morgan fingerprint density at radius 3 is 2.22 bits per heavy atom. The van der Waals surface area contributed by atoms with Crippen LogP contribution < -0.4 is 9.61 Å². The van der Waals surface area contributed by atoms with E-state index >= 15 is 0 Å². The lowest BCUT2D eigenvalue weighted by Gasteiger charge is -2.25. The normalized spacial score (nSPS) is 11.0. The van der Waals surface area contributed by atoms with Crippen LogP contribution in [-0.4, -0.2) is 8.32 Å². The molecule has 0 saturated carbocycles. The molecule has 2 aromatic rings. The molecule has 2 rings (SSSR count). The number of hydrogen-bond donors (Lipinski definition) is 0. The lowest BCUT2D eigenvalue weighted by atomic mass is 10.2. The summed E-state index contributed by atoms with van der Waals surface area (Å²) in [5.74, 6) is 0.924. The molecule has 0 aromatic heterocycles. The van der Waals surface area contributed by atoms with Gasteiger partial charge in [0.2, 0.25) is 0 Å². The molecule has 0 N–H and O–H groups in total. The quantitative estimate of drug-likeness (QED) is 0.754. The summed E-state index contributed by atoms with van der Waals surface area (Å²) in [5.41, 5.74) is 1.05. The van der Waals surface area contributed by atoms with Gasteiger partial charge in [0.1, 0.15) is 5.75 Å². The van der Waals surface area contributed by atoms with E-state index in [-0.39, 0.29) is 0 Å². The lowest BCUT2D eigenvalue weighted by Crippen LogP contribution is -2.47. The van der Waals surface area contributed by atoms with Gasteiger partial charge in [0.25, 0.3) is 8.32 Å². The van der Waals surface area contributed by atoms with Crippen molar-refractivity contribution in [1.82, 2.24) is 0 Å². The minimum Gasteiger partial charge on any atom is -0.539 e. The highest BCUT2D eigenvalue weighted by Gasteiger charge is 2.27. The van der Waals surface area contributed by atoms with Crippen molar-refractivity contribution in [2.24, 2.45) is 0 Å². The number of rotatable bonds is 4. The largest absolute Gasteiger partial charge is 0.539 e. The standard InChI is InChI=1S/C16H18OSi/c1-4-14-10-8-9-13-16(14)17-18(2,3)15-11-6-5-7-12-15/h4-13H,1H2,2-3H3. The average Bonchev–Trinajstić information content (AvgIpc) is 2.40. The third kappa shape index (κ3) is 2.71. The molecule has 92 valence electrons. The molecule has 1 nitrogen and oxygen atoms in total. The highest BCUT2D eigenvalue weighted by molar-refractivity contribution is 6.85. The van der Waals surface area contributed by atoms with Crippen LogP contribution in [0.3, 0.4) is 0 Å². The summed E-state index contributed by atoms with van der Waals surface area (Å²) in [4.78, 5) is 0. The molecule has 0 amide bonds. The van der Waals surface area contributed by atoms with Crippen molar-refractivity contribution in [2.45, 2.75) is 13.1 Å². The maximum atomic E-state index is 6.28. The van der Waals surface area contributed by atoms with Crippen LogP contribution >= 0.6 is 0 Å². The van der Waals surface area contributed by atoms with Crippen LogP contribution in [0.1, 0.15) is 5.56 Å². The molecule has 0 aliphatic rings. The van der Waals surface area contributed by atoms with Gasteiger partial charge in [-0.25, -0.2) is 0 Å². The van der Waals surface area contributed by atoms with E-state index in [1.807, 2.05) is 36.4 Å². The van der Waals surface area contributed by atoms with Crippen molar-refractivity contribution in [1.29, 1.82) is 0 Å². The van der Waals surface area contributed by atoms with E-state index in [1.54, 1.807) is 0 Å². The second-order valence-corrected chi connectivity index (χ2v) is 8.52. The summed E-state index contributed by atoms with van der Waals surface area (Å²) in [6.07, 6.45) is 1.84. The molecule has 0 fully saturated rings. The third-order valence-electron chi connectivity index (χ3n) is 2.97. The first-order chi connectivity index (χ1) is 8.63. The first-order valence-electron chi connectivity index (χ1n) is 6.09. The lowest BCUT2D eigenvalue weighted by molar-refractivity contribution is 0.563. The summed E-state index contributed by atoms with van der Waals surface area (Å²) in [6.45, 7) is 8.25. The molecule has 0 saturated heterocycles. The van der Waals surface area contributed by atoms with Crippen LogP contribution in [0.25, 0.3) is 6.08 Å². The van der Waals surface area contributed by atoms with Gasteiger partial charge in [-0.05, 0) is 24.3 Å². The highest BCUT2D eigenvalue weighted by atomic mass is 28.4. The second kappa shape index (κ2) is 5.23. The molecular formula is C16H18OSi. The minimum atomic E-state index is -1.92. The first-order valence-corrected chi connectivity index (χ1v) is 9.00. The summed E-state index contributed by atoms with van der Waals surface area (Å²) in [7, 11) is -1.92. The fourth-order valence-electron chi connectivity index (χ4n) is 1.92. The van der Waals surface area contributed by atoms with Gasteiger partial charge < -0.3 is 4.43 Å². The molecule has 0 atom stereocenters. The minimum absolute atomic E-state index is 0.924. The van der Waals surface area contributed by atoms with Gasteiger partial charge in [-0.1, -0.05) is 61.2 Å². The predicted molar refractivity (Wildman–Crippen MR) is 80.7 cm³/mol. The maximum absolute atomic E-state index is 6.28. The zero-order chi connectivity index (χ0) is 13.0. The molecule has 0 aliphatic heterocycles. The van der Waals surface area contributed by atoms with E-state index in [4.69, 9.17) is 4.43 Å². The van der Waals surface area contributed by atoms with Gasteiger partial charge in [0, 0.05) is 5.56 Å². The van der Waals surface area contributed by atoms with Gasteiger partial charge in [0.15, 0.2) is 0 Å². The van der Waals surface area contributed by atoms with Gasteiger partial charge in [-0.15, -0.1) is 0 Å². The van der Waals surface area contributed by atoms with E-state index in [1.165, 1.54) is 5.19 Å². The van der Waals surface area contributed by atoms with Crippen molar-refractivity contribution >= 4 is 19.6 Å². The molecular weight excluding hydrogens is 236 g/mol. The molecule has 2 aromatic carbocycles. The summed E-state index contributed by atoms with van der Waals surface area (Å²) in [5, 5.41) is 1.30. The molecule has 18 heavy (non-hydrogen) atoms. The molecule has 0 spiro atoms. The van der Waals surface area contributed by atoms with Crippen LogP contribution in [0.15, 0.2) is 61.2 Å². The van der Waals surface area contributed by atoms with Crippen molar-refractivity contribution in [3.05, 3.63) is 66.7 Å². The van der Waals surface area contributed by atoms with Crippen LogP contribution in [0.5, 0.6) is 5.75 Å². The first kappa shape index (κ1) is 12.6. The van der Waals surface area contributed by atoms with E-state index in [2.05, 4.69) is 43.9 Å². The molecule has 0 heterocycles. The second-order valence-electron chi connectivity index (χ2n) is 4.72. The van der Waals surface area contributed by atoms with Gasteiger partial charge in [-0.3, -0.25) is 0 Å². The topological polar surface area (TPSA) is 9.23 Å². The van der Waals surface area contributed by atoms with Crippen molar-refractivity contribution < 1.29 is 4.43 Å². The van der Waals surface area contributed by atoms with Gasteiger partial charge in [0.05, 0.1) is 0 Å². The monoisotopic (exact) mass is 254 g/mol. The van der Waals surface area contributed by atoms with Gasteiger partial charge >= 0.3 is 0 Å². The van der Waals surface area contributed by atoms with Crippen LogP contribution in [0.4, 0.5) is 0 Å². The maximum Gasteiger partial charge on any atom is 0.276 e. The Labute approximate surface area is 110 Å². The zero-order valence-corrected chi connectivity index (χ0v) is 11.9. The van der Waals surface area contributed by atoms with E-state index < -0.39 is 8.32 Å². The van der Waals surface area contributed by atoms with E-state index in [0.717, 1.165) is 11.3 Å². The van der Waals surface area contributed by atoms with Crippen molar-refractivity contribution in [3.8, 4) is 5.75 Å². The van der Waals surface area contributed by atoms with Crippen LogP contribution in [0.2, 0.25) is 13.1 Å². The summed E-state index contributed by atoms with van der Waals surface area (Å²) >= 11 is 0. The Hall–Kier alpha value is -1.80. The Kier molecular flexibility index (Phi) is 3.68. The summed E-state index contributed by atoms with van der Waals surface area (Å²) < 4.78 is 6.28. The van der Waals surface area contributed by atoms with E-state index in [9.17, 15) is 0 Å². The highest BCUT2D eigenvalue weighted by Crippen LogP contribution is 2.22. The Morgan fingerprint density at radius 2 is 1.56 bits per heavy atom. The molecule has 2 heteroatoms. The van der Waals surface area contributed by atoms with Crippen LogP contribution in [-0.2, 0) is 0 Å². The Balaban J connectivity index is 2.30. The molecule has 0 bridgehead atoms. The van der Waals surface area contributed by atoms with E-state index in [0.29, 0.717) is 0 Å². The number of benzene rings is 2. The smallest absolute Gasteiger partial charge is 0.276 e.